The third-order valence-electron chi connectivity index (χ3n) is 15.7. The molecule has 0 bridgehead atoms. The Labute approximate surface area is 503 Å². The van der Waals surface area contributed by atoms with Crippen molar-refractivity contribution in [3.8, 4) is 0 Å². The Morgan fingerprint density at radius 3 is 1.15 bits per heavy atom. The van der Waals surface area contributed by atoms with Gasteiger partial charge in [-0.3, -0.25) is 18.6 Å². The normalized spacial score (nSPS) is 13.8. The number of quaternary nitrogens is 1. The highest BCUT2D eigenvalue weighted by atomic mass is 31.2. The van der Waals surface area contributed by atoms with Gasteiger partial charge in [0.1, 0.15) is 19.3 Å². The van der Waals surface area contributed by atoms with Gasteiger partial charge in [0.15, 0.2) is 0 Å². The number of carbonyl (C=O) groups excluding carboxylic acids is 2. The number of likely N-dealkylation sites (N-methyl/N-ethyl adjacent to an activating group) is 1. The van der Waals surface area contributed by atoms with Crippen molar-refractivity contribution in [2.45, 2.75) is 354 Å². The van der Waals surface area contributed by atoms with Gasteiger partial charge in [0.2, 0.25) is 5.91 Å². The van der Waals surface area contributed by atoms with Gasteiger partial charge in [-0.1, -0.05) is 288 Å². The number of amides is 1. The Morgan fingerprint density at radius 1 is 0.432 bits per heavy atom. The molecule has 0 rings (SSSR count). The zero-order chi connectivity index (χ0) is 59.3. The number of nitrogens with one attached hydrogen (secondary N) is 1. The van der Waals surface area contributed by atoms with Crippen molar-refractivity contribution < 1.29 is 37.3 Å². The Kier molecular flexibility index (Phi) is 59.5. The van der Waals surface area contributed by atoms with Crippen LogP contribution in [-0.4, -0.2) is 74.3 Å². The van der Waals surface area contributed by atoms with Crippen LogP contribution >= 0.6 is 7.82 Å². The summed E-state index contributed by atoms with van der Waals surface area (Å²) in [5.74, 6) is -0.493. The second-order valence-electron chi connectivity index (χ2n) is 25.0. The number of unbranched alkanes of at least 4 members (excludes halogenated alkanes) is 42. The average molecular weight is 1160 g/mol. The molecule has 0 aliphatic carbocycles. The molecule has 0 aliphatic heterocycles. The number of allylic oxidation sites excluding steroid dienone is 7. The summed E-state index contributed by atoms with van der Waals surface area (Å²) in [5, 5.41) is 3.07. The molecule has 0 saturated heterocycles. The largest absolute Gasteiger partial charge is 0.472 e. The van der Waals surface area contributed by atoms with Crippen LogP contribution in [0.3, 0.4) is 0 Å². The van der Waals surface area contributed by atoms with E-state index in [1.54, 1.807) is 0 Å². The molecular formula is C71H136N2O7P+. The standard InChI is InChI=1S/C71H135N2O7P/c1-7-10-13-16-19-22-25-28-30-32-34-35-36-37-39-40-42-45-48-51-54-57-60-63-70(74)72-68(67-79-81(76,77)78-66-65-73(4,5)6)69(62-59-56-53-50-47-44-27-24-21-18-15-12-9-3)80-71(75)64-61-58-55-52-49-46-43-41-38-33-31-29-26-23-20-17-14-11-8-2/h19,22,28-31,59,62,68-69H,7-18,20-21,23-27,32-58,60-61,63-67H2,1-6H3,(H-,72,74,76,77)/p+1/b22-19-,30-28-,31-29+,62-59-. The number of phosphoric acid groups is 1. The van der Waals surface area contributed by atoms with Crippen LogP contribution in [0.25, 0.3) is 0 Å². The highest BCUT2D eigenvalue weighted by molar-refractivity contribution is 7.47. The van der Waals surface area contributed by atoms with Crippen molar-refractivity contribution in [3.63, 3.8) is 0 Å². The predicted molar refractivity (Wildman–Crippen MR) is 351 cm³/mol. The van der Waals surface area contributed by atoms with Crippen molar-refractivity contribution in [1.82, 2.24) is 5.32 Å². The molecule has 0 fully saturated rings. The lowest BCUT2D eigenvalue weighted by molar-refractivity contribution is -0.870. The van der Waals surface area contributed by atoms with Gasteiger partial charge in [0, 0.05) is 12.8 Å². The summed E-state index contributed by atoms with van der Waals surface area (Å²) in [6.07, 6.45) is 76.8. The van der Waals surface area contributed by atoms with Crippen molar-refractivity contribution in [3.05, 3.63) is 48.6 Å². The van der Waals surface area contributed by atoms with Crippen molar-refractivity contribution in [2.75, 3.05) is 40.9 Å². The monoisotopic (exact) mass is 1160 g/mol. The smallest absolute Gasteiger partial charge is 0.456 e. The summed E-state index contributed by atoms with van der Waals surface area (Å²) in [6.45, 7) is 7.03. The second-order valence-corrected chi connectivity index (χ2v) is 26.5. The van der Waals surface area contributed by atoms with E-state index in [0.717, 1.165) is 64.2 Å². The van der Waals surface area contributed by atoms with Crippen molar-refractivity contribution in [1.29, 1.82) is 0 Å². The van der Waals surface area contributed by atoms with E-state index in [1.165, 1.54) is 244 Å². The van der Waals surface area contributed by atoms with Gasteiger partial charge in [-0.25, -0.2) is 4.57 Å². The molecule has 0 spiro atoms. The van der Waals surface area contributed by atoms with Crippen LogP contribution in [0.15, 0.2) is 48.6 Å². The zero-order valence-corrected chi connectivity index (χ0v) is 55.4. The summed E-state index contributed by atoms with van der Waals surface area (Å²) < 4.78 is 30.8. The lowest BCUT2D eigenvalue weighted by Crippen LogP contribution is -2.47. The van der Waals surface area contributed by atoms with Crippen LogP contribution in [0.2, 0.25) is 0 Å². The minimum atomic E-state index is -4.45. The third-order valence-corrected chi connectivity index (χ3v) is 16.7. The van der Waals surface area contributed by atoms with Crippen LogP contribution < -0.4 is 5.32 Å². The number of carbonyl (C=O) groups is 2. The van der Waals surface area contributed by atoms with Crippen molar-refractivity contribution in [2.24, 2.45) is 0 Å². The fraction of sp³-hybridized carbons (Fsp3) is 0.859. The topological polar surface area (TPSA) is 111 Å². The molecule has 0 aromatic heterocycles. The maximum Gasteiger partial charge on any atom is 0.472 e. The SMILES string of the molecule is CCCCC/C=C\C/C=C\CCCCCCCCCCCCCCCC(=O)NC(COP(=O)(O)OCC[N+](C)(C)C)C(/C=C\CCCCCCCCCCCCC)OC(=O)CCCCCCCCCCC/C=C/CCCCCCCC. The highest BCUT2D eigenvalue weighted by Crippen LogP contribution is 2.43. The molecule has 476 valence electrons. The number of rotatable bonds is 64. The lowest BCUT2D eigenvalue weighted by Gasteiger charge is -2.27. The van der Waals surface area contributed by atoms with E-state index < -0.39 is 20.0 Å². The van der Waals surface area contributed by atoms with Gasteiger partial charge in [-0.05, 0) is 89.5 Å². The van der Waals surface area contributed by atoms with Crippen LogP contribution in [0, 0.1) is 0 Å². The average Bonchev–Trinajstić information content (AvgIpc) is 3.44. The molecule has 0 aromatic carbocycles. The first-order valence-electron chi connectivity index (χ1n) is 35.0. The maximum atomic E-state index is 13.6. The van der Waals surface area contributed by atoms with Gasteiger partial charge in [-0.2, -0.15) is 0 Å². The van der Waals surface area contributed by atoms with Gasteiger partial charge in [0.25, 0.3) is 0 Å². The minimum Gasteiger partial charge on any atom is -0.456 e. The maximum absolute atomic E-state index is 13.6. The molecule has 1 amide bonds. The van der Waals surface area contributed by atoms with Gasteiger partial charge in [-0.15, -0.1) is 0 Å². The van der Waals surface area contributed by atoms with E-state index in [4.69, 9.17) is 13.8 Å². The summed E-state index contributed by atoms with van der Waals surface area (Å²) in [4.78, 5) is 37.9. The fourth-order valence-corrected chi connectivity index (χ4v) is 11.1. The molecule has 0 aliphatic rings. The molecular weight excluding hydrogens is 1020 g/mol. The Balaban J connectivity index is 5.12. The summed E-state index contributed by atoms with van der Waals surface area (Å²) in [5.41, 5.74) is 0. The first-order valence-corrected chi connectivity index (χ1v) is 36.5. The quantitative estimate of drug-likeness (QED) is 0.0205. The molecule has 0 saturated carbocycles. The number of nitrogens with zero attached hydrogens (tertiary/aromatic N) is 1. The van der Waals surface area contributed by atoms with Crippen LogP contribution in [0.1, 0.15) is 342 Å². The molecule has 2 N–H and O–H groups in total. The van der Waals surface area contributed by atoms with E-state index in [2.05, 4.69) is 62.5 Å². The molecule has 10 heteroatoms. The molecule has 9 nitrogen and oxygen atoms in total. The van der Waals surface area contributed by atoms with Crippen molar-refractivity contribution >= 4 is 19.7 Å². The predicted octanol–water partition coefficient (Wildman–Crippen LogP) is 22.0. The lowest BCUT2D eigenvalue weighted by atomic mass is 10.0. The fourth-order valence-electron chi connectivity index (χ4n) is 10.3. The second kappa shape index (κ2) is 61.1. The number of phosphoric ester groups is 1. The van der Waals surface area contributed by atoms with E-state index in [0.29, 0.717) is 23.9 Å². The molecule has 0 heterocycles. The first-order chi connectivity index (χ1) is 39.4. The molecule has 0 aromatic rings. The molecule has 3 atom stereocenters. The highest BCUT2D eigenvalue weighted by Gasteiger charge is 2.30. The summed E-state index contributed by atoms with van der Waals surface area (Å²) in [6, 6.07) is -0.849. The van der Waals surface area contributed by atoms with Gasteiger partial charge < -0.3 is 19.4 Å². The molecule has 0 radical (unpaired) electrons. The summed E-state index contributed by atoms with van der Waals surface area (Å²) >= 11 is 0. The first kappa shape index (κ1) is 79.0. The van der Waals surface area contributed by atoms with Gasteiger partial charge >= 0.3 is 13.8 Å². The number of hydrogen-bond acceptors (Lipinski definition) is 6. The van der Waals surface area contributed by atoms with Crippen LogP contribution in [0.5, 0.6) is 0 Å². The minimum absolute atomic E-state index is 0.0410. The van der Waals surface area contributed by atoms with E-state index in [9.17, 15) is 19.0 Å². The summed E-state index contributed by atoms with van der Waals surface area (Å²) in [7, 11) is 1.51. The van der Waals surface area contributed by atoms with E-state index >= 15 is 0 Å². The van der Waals surface area contributed by atoms with E-state index in [1.807, 2.05) is 33.3 Å². The molecule has 3 unspecified atom stereocenters. The number of hydrogen-bond donors (Lipinski definition) is 2. The van der Waals surface area contributed by atoms with Gasteiger partial charge in [0.05, 0.1) is 33.8 Å². The number of esters is 1. The Hall–Kier alpha value is -2.03. The molecule has 81 heavy (non-hydrogen) atoms. The third kappa shape index (κ3) is 62.3. The zero-order valence-electron chi connectivity index (χ0n) is 54.5. The number of ether oxygens (including phenoxy) is 1. The Bertz CT molecular complexity index is 1520. The Morgan fingerprint density at radius 2 is 0.753 bits per heavy atom. The van der Waals surface area contributed by atoms with E-state index in [-0.39, 0.29) is 25.1 Å². The van der Waals surface area contributed by atoms with Crippen LogP contribution in [-0.2, 0) is 27.9 Å². The van der Waals surface area contributed by atoms with Crippen LogP contribution in [0.4, 0.5) is 0 Å².